The van der Waals surface area contributed by atoms with Crippen molar-refractivity contribution in [2.45, 2.75) is 26.7 Å². The van der Waals surface area contributed by atoms with Crippen LogP contribution >= 0.6 is 0 Å². The maximum absolute atomic E-state index is 14.0. The van der Waals surface area contributed by atoms with Gasteiger partial charge in [0, 0.05) is 18.3 Å². The summed E-state index contributed by atoms with van der Waals surface area (Å²) >= 11 is 0. The first-order valence-electron chi connectivity index (χ1n) is 6.96. The second-order valence-corrected chi connectivity index (χ2v) is 5.29. The number of hydrogen-bond donors (Lipinski definition) is 0. The number of fused-ring (bicyclic) bond motifs is 1. The molecule has 0 saturated carbocycles. The van der Waals surface area contributed by atoms with E-state index >= 15 is 0 Å². The van der Waals surface area contributed by atoms with Crippen molar-refractivity contribution in [3.05, 3.63) is 52.9 Å². The zero-order valence-corrected chi connectivity index (χ0v) is 12.1. The molecule has 1 amide bonds. The number of nitrogens with zero attached hydrogens (tertiary/aromatic N) is 3. The Kier molecular flexibility index (Phi) is 3.41. The fraction of sp³-hybridized carbons (Fsp3) is 0.312. The summed E-state index contributed by atoms with van der Waals surface area (Å²) in [7, 11) is 0. The molecule has 0 saturated heterocycles. The van der Waals surface area contributed by atoms with Crippen LogP contribution in [0.3, 0.4) is 0 Å². The third kappa shape index (κ3) is 2.39. The molecule has 0 spiro atoms. The fourth-order valence-corrected chi connectivity index (χ4v) is 2.71. The van der Waals surface area contributed by atoms with Crippen molar-refractivity contribution in [3.63, 3.8) is 0 Å². The molecule has 0 fully saturated rings. The van der Waals surface area contributed by atoms with Gasteiger partial charge in [0.1, 0.15) is 11.5 Å². The molecule has 0 radical (unpaired) electrons. The average Bonchev–Trinajstić information content (AvgIpc) is 2.50. The van der Waals surface area contributed by atoms with E-state index in [0.717, 1.165) is 17.7 Å². The van der Waals surface area contributed by atoms with E-state index in [1.807, 2.05) is 13.8 Å². The van der Waals surface area contributed by atoms with Gasteiger partial charge in [0.2, 0.25) is 0 Å². The molecule has 1 aliphatic heterocycles. The van der Waals surface area contributed by atoms with Crippen LogP contribution in [-0.4, -0.2) is 22.4 Å². The van der Waals surface area contributed by atoms with Crippen molar-refractivity contribution >= 4 is 11.6 Å². The van der Waals surface area contributed by atoms with Crippen LogP contribution in [0.25, 0.3) is 0 Å². The second kappa shape index (κ2) is 5.24. The number of carbonyl (C=O) groups is 1. The number of anilines is 1. The Morgan fingerprint density at radius 2 is 2.05 bits per heavy atom. The summed E-state index contributed by atoms with van der Waals surface area (Å²) in [5.41, 5.74) is 3.26. The highest BCUT2D eigenvalue weighted by atomic mass is 19.1. The third-order valence-electron chi connectivity index (χ3n) is 3.75. The molecule has 0 atom stereocenters. The van der Waals surface area contributed by atoms with E-state index in [0.29, 0.717) is 24.2 Å². The van der Waals surface area contributed by atoms with Crippen molar-refractivity contribution in [1.82, 2.24) is 9.97 Å². The van der Waals surface area contributed by atoms with E-state index in [1.165, 1.54) is 12.3 Å². The fourth-order valence-electron chi connectivity index (χ4n) is 2.71. The summed E-state index contributed by atoms with van der Waals surface area (Å²) in [5, 5.41) is 0. The molecule has 4 nitrogen and oxygen atoms in total. The minimum atomic E-state index is -0.247. The van der Waals surface area contributed by atoms with Crippen LogP contribution in [0.15, 0.2) is 24.5 Å². The van der Waals surface area contributed by atoms with E-state index in [-0.39, 0.29) is 17.4 Å². The molecule has 0 aliphatic carbocycles. The van der Waals surface area contributed by atoms with Crippen LogP contribution in [0.4, 0.5) is 10.1 Å². The number of rotatable bonds is 1. The number of amides is 1. The van der Waals surface area contributed by atoms with Gasteiger partial charge in [-0.2, -0.15) is 0 Å². The average molecular weight is 285 g/mol. The summed E-state index contributed by atoms with van der Waals surface area (Å²) in [4.78, 5) is 22.5. The van der Waals surface area contributed by atoms with Crippen molar-refractivity contribution in [2.75, 3.05) is 11.4 Å². The monoisotopic (exact) mass is 285 g/mol. The molecule has 21 heavy (non-hydrogen) atoms. The van der Waals surface area contributed by atoms with Gasteiger partial charge in [-0.1, -0.05) is 6.07 Å². The summed E-state index contributed by atoms with van der Waals surface area (Å²) < 4.78 is 14.0. The molecule has 2 aromatic rings. The third-order valence-corrected chi connectivity index (χ3v) is 3.75. The number of aryl methyl sites for hydroxylation is 2. The number of halogens is 1. The van der Waals surface area contributed by atoms with Gasteiger partial charge < -0.3 is 4.90 Å². The van der Waals surface area contributed by atoms with Gasteiger partial charge in [0.15, 0.2) is 0 Å². The Hall–Kier alpha value is -2.30. The van der Waals surface area contributed by atoms with E-state index in [1.54, 1.807) is 17.2 Å². The Bertz CT molecular complexity index is 697. The standard InChI is InChI=1S/C16H16FN3O/c1-10-5-6-13(17)12-4-3-7-20(15(10)12)16(21)14-9-18-11(2)8-19-14/h5-6,8-9H,3-4,7H2,1-2H3. The van der Waals surface area contributed by atoms with E-state index < -0.39 is 0 Å². The zero-order valence-electron chi connectivity index (χ0n) is 12.1. The summed E-state index contributed by atoms with van der Waals surface area (Å²) in [5.74, 6) is -0.472. The van der Waals surface area contributed by atoms with Gasteiger partial charge >= 0.3 is 0 Å². The normalized spacial score (nSPS) is 14.0. The van der Waals surface area contributed by atoms with Gasteiger partial charge in [-0.05, 0) is 38.3 Å². The van der Waals surface area contributed by atoms with E-state index in [9.17, 15) is 9.18 Å². The highest BCUT2D eigenvalue weighted by Gasteiger charge is 2.27. The number of carbonyl (C=O) groups excluding carboxylic acids is 1. The quantitative estimate of drug-likeness (QED) is 0.809. The first-order valence-corrected chi connectivity index (χ1v) is 6.96. The lowest BCUT2D eigenvalue weighted by molar-refractivity contribution is 0.0979. The van der Waals surface area contributed by atoms with Gasteiger partial charge in [0.25, 0.3) is 5.91 Å². The van der Waals surface area contributed by atoms with Crippen molar-refractivity contribution < 1.29 is 9.18 Å². The van der Waals surface area contributed by atoms with Crippen molar-refractivity contribution in [2.24, 2.45) is 0 Å². The number of hydrogen-bond acceptors (Lipinski definition) is 3. The Labute approximate surface area is 122 Å². The van der Waals surface area contributed by atoms with Gasteiger partial charge in [-0.3, -0.25) is 9.78 Å². The lowest BCUT2D eigenvalue weighted by Crippen LogP contribution is -2.37. The first-order chi connectivity index (χ1) is 10.1. The topological polar surface area (TPSA) is 46.1 Å². The number of benzene rings is 1. The van der Waals surface area contributed by atoms with Gasteiger partial charge in [0.05, 0.1) is 17.6 Å². The lowest BCUT2D eigenvalue weighted by atomic mass is 9.97. The summed E-state index contributed by atoms with van der Waals surface area (Å²) in [6.45, 7) is 4.29. The number of aromatic nitrogens is 2. The van der Waals surface area contributed by atoms with Crippen LogP contribution in [-0.2, 0) is 6.42 Å². The Morgan fingerprint density at radius 1 is 1.24 bits per heavy atom. The smallest absolute Gasteiger partial charge is 0.278 e. The molecular formula is C16H16FN3O. The second-order valence-electron chi connectivity index (χ2n) is 5.29. The van der Waals surface area contributed by atoms with E-state index in [2.05, 4.69) is 9.97 Å². The minimum absolute atomic E-state index is 0.225. The summed E-state index contributed by atoms with van der Waals surface area (Å²) in [6.07, 6.45) is 4.45. The van der Waals surface area contributed by atoms with E-state index in [4.69, 9.17) is 0 Å². The van der Waals surface area contributed by atoms with Gasteiger partial charge in [-0.15, -0.1) is 0 Å². The first kappa shape index (κ1) is 13.7. The Morgan fingerprint density at radius 3 is 2.76 bits per heavy atom. The molecule has 0 unspecified atom stereocenters. The van der Waals surface area contributed by atoms with Crippen LogP contribution in [0.1, 0.15) is 33.7 Å². The molecule has 1 aliphatic rings. The molecular weight excluding hydrogens is 269 g/mol. The predicted molar refractivity (Wildman–Crippen MR) is 77.9 cm³/mol. The van der Waals surface area contributed by atoms with Crippen LogP contribution < -0.4 is 4.90 Å². The highest BCUT2D eigenvalue weighted by molar-refractivity contribution is 6.05. The van der Waals surface area contributed by atoms with Crippen LogP contribution in [0, 0.1) is 19.7 Å². The van der Waals surface area contributed by atoms with Crippen LogP contribution in [0.5, 0.6) is 0 Å². The SMILES string of the molecule is Cc1cnc(C(=O)N2CCCc3c(F)ccc(C)c32)cn1. The predicted octanol–water partition coefficient (Wildman–Crippen LogP) is 2.83. The molecule has 1 aromatic carbocycles. The zero-order chi connectivity index (χ0) is 15.0. The minimum Gasteiger partial charge on any atom is -0.306 e. The maximum atomic E-state index is 14.0. The molecule has 2 heterocycles. The highest BCUT2D eigenvalue weighted by Crippen LogP contribution is 2.33. The largest absolute Gasteiger partial charge is 0.306 e. The molecule has 108 valence electrons. The van der Waals surface area contributed by atoms with Crippen LogP contribution in [0.2, 0.25) is 0 Å². The maximum Gasteiger partial charge on any atom is 0.278 e. The molecule has 1 aromatic heterocycles. The van der Waals surface area contributed by atoms with Crippen molar-refractivity contribution in [1.29, 1.82) is 0 Å². The molecule has 0 bridgehead atoms. The molecule has 5 heteroatoms. The Balaban J connectivity index is 2.04. The molecule has 0 N–H and O–H groups in total. The summed E-state index contributed by atoms with van der Waals surface area (Å²) in [6, 6.07) is 3.18. The van der Waals surface area contributed by atoms with Gasteiger partial charge in [-0.25, -0.2) is 9.37 Å². The molecule has 3 rings (SSSR count). The lowest BCUT2D eigenvalue weighted by Gasteiger charge is -2.31. The van der Waals surface area contributed by atoms with Crippen molar-refractivity contribution in [3.8, 4) is 0 Å².